The van der Waals surface area contributed by atoms with E-state index in [4.69, 9.17) is 9.84 Å². The molecule has 126 valence electrons. The Morgan fingerprint density at radius 1 is 1.33 bits per heavy atom. The highest BCUT2D eigenvalue weighted by Crippen LogP contribution is 2.21. The summed E-state index contributed by atoms with van der Waals surface area (Å²) in [6, 6.07) is 7.02. The molecule has 0 bridgehead atoms. The number of anilines is 1. The van der Waals surface area contributed by atoms with Gasteiger partial charge in [0.2, 0.25) is 11.8 Å². The average molecular weight is 349 g/mol. The number of hydrogen-bond acceptors (Lipinski definition) is 6. The minimum absolute atomic E-state index is 0.133. The Morgan fingerprint density at radius 3 is 2.58 bits per heavy atom. The van der Waals surface area contributed by atoms with Gasteiger partial charge < -0.3 is 20.1 Å². The number of carboxylic acid groups (broad SMARTS) is 1. The molecule has 2 aromatic rings. The topological polar surface area (TPSA) is 121 Å². The summed E-state index contributed by atoms with van der Waals surface area (Å²) in [6.07, 6.45) is 0. The predicted molar refractivity (Wildman–Crippen MR) is 88.8 cm³/mol. The van der Waals surface area contributed by atoms with Crippen LogP contribution in [0.3, 0.4) is 0 Å². The quantitative estimate of drug-likeness (QED) is 0.535. The Morgan fingerprint density at radius 2 is 2.00 bits per heavy atom. The molecule has 0 saturated heterocycles. The van der Waals surface area contributed by atoms with Gasteiger partial charge in [0.15, 0.2) is 5.16 Å². The highest BCUT2D eigenvalue weighted by atomic mass is 32.2. The summed E-state index contributed by atoms with van der Waals surface area (Å²) in [6.45, 7) is 1.66. The lowest BCUT2D eigenvalue weighted by Gasteiger charge is -2.11. The third-order valence-electron chi connectivity index (χ3n) is 2.96. The van der Waals surface area contributed by atoms with Gasteiger partial charge in [0.1, 0.15) is 0 Å². The number of carboxylic acids is 1. The van der Waals surface area contributed by atoms with Crippen LogP contribution in [0.2, 0.25) is 0 Å². The van der Waals surface area contributed by atoms with Crippen molar-refractivity contribution in [2.75, 3.05) is 12.4 Å². The van der Waals surface area contributed by atoms with Crippen molar-refractivity contribution in [3.05, 3.63) is 46.2 Å². The lowest BCUT2D eigenvalue weighted by molar-refractivity contribution is -0.115. The Labute approximate surface area is 141 Å². The van der Waals surface area contributed by atoms with E-state index in [9.17, 15) is 14.4 Å². The number of methoxy groups -OCH3 is 1. The zero-order chi connectivity index (χ0) is 17.7. The fraction of sp³-hybridized carbons (Fsp3) is 0.200. The van der Waals surface area contributed by atoms with Crippen molar-refractivity contribution in [3.63, 3.8) is 0 Å². The molecular formula is C15H15N3O5S. The minimum atomic E-state index is -1.04. The van der Waals surface area contributed by atoms with Crippen LogP contribution in [0.4, 0.5) is 5.69 Å². The Bertz CT molecular complexity index is 804. The maximum Gasteiger partial charge on any atom is 0.335 e. The number of ether oxygens (including phenoxy) is 1. The smallest absolute Gasteiger partial charge is 0.335 e. The van der Waals surface area contributed by atoms with Gasteiger partial charge in [-0.05, 0) is 31.2 Å². The number of H-pyrrole nitrogens is 1. The van der Waals surface area contributed by atoms with Crippen LogP contribution >= 0.6 is 11.8 Å². The van der Waals surface area contributed by atoms with Gasteiger partial charge in [-0.1, -0.05) is 11.8 Å². The van der Waals surface area contributed by atoms with Crippen molar-refractivity contribution in [2.45, 2.75) is 17.3 Å². The van der Waals surface area contributed by atoms with E-state index in [2.05, 4.69) is 15.3 Å². The summed E-state index contributed by atoms with van der Waals surface area (Å²) >= 11 is 1.07. The molecule has 0 fully saturated rings. The molecule has 0 aliphatic rings. The molecule has 0 aliphatic carbocycles. The van der Waals surface area contributed by atoms with Crippen molar-refractivity contribution in [1.29, 1.82) is 0 Å². The van der Waals surface area contributed by atoms with E-state index < -0.39 is 11.2 Å². The van der Waals surface area contributed by atoms with E-state index >= 15 is 0 Å². The van der Waals surface area contributed by atoms with Gasteiger partial charge in [-0.3, -0.25) is 9.59 Å². The van der Waals surface area contributed by atoms with Crippen molar-refractivity contribution >= 4 is 29.3 Å². The first kappa shape index (κ1) is 17.5. The molecule has 0 spiro atoms. The predicted octanol–water partition coefficient (Wildman–Crippen LogP) is 1.60. The van der Waals surface area contributed by atoms with Crippen molar-refractivity contribution in [1.82, 2.24) is 9.97 Å². The molecule has 1 heterocycles. The molecule has 24 heavy (non-hydrogen) atoms. The standard InChI is InChI=1S/C15H15N3O5S/c1-8(24-15-17-11(19)7-12(18-15)23-2)13(20)16-10-5-3-9(4-6-10)14(21)22/h3-8H,1-2H3,(H,16,20)(H,21,22)(H,17,18,19)/t8-/m1/s1. The number of benzene rings is 1. The minimum Gasteiger partial charge on any atom is -0.481 e. The number of thioether (sulfide) groups is 1. The number of nitrogens with zero attached hydrogens (tertiary/aromatic N) is 1. The number of aromatic carboxylic acids is 1. The number of aromatic amines is 1. The SMILES string of the molecule is COc1cc(=O)[nH]c(S[C@H](C)C(=O)Nc2ccc(C(=O)O)cc2)n1. The fourth-order valence-electron chi connectivity index (χ4n) is 1.74. The summed E-state index contributed by atoms with van der Waals surface area (Å²) in [5.74, 6) is -1.18. The molecule has 0 radical (unpaired) electrons. The summed E-state index contributed by atoms with van der Waals surface area (Å²) in [4.78, 5) is 41.0. The third kappa shape index (κ3) is 4.59. The van der Waals surface area contributed by atoms with Crippen LogP contribution in [-0.4, -0.2) is 39.3 Å². The van der Waals surface area contributed by atoms with Gasteiger partial charge in [0, 0.05) is 5.69 Å². The van der Waals surface area contributed by atoms with E-state index in [-0.39, 0.29) is 28.1 Å². The normalized spacial score (nSPS) is 11.6. The molecule has 2 rings (SSSR count). The molecule has 3 N–H and O–H groups in total. The number of carbonyl (C=O) groups is 2. The molecule has 8 nitrogen and oxygen atoms in total. The molecular weight excluding hydrogens is 334 g/mol. The van der Waals surface area contributed by atoms with Crippen LogP contribution in [0, 0.1) is 0 Å². The Balaban J connectivity index is 2.03. The van der Waals surface area contributed by atoms with Gasteiger partial charge in [-0.2, -0.15) is 4.98 Å². The number of nitrogens with one attached hydrogen (secondary N) is 2. The first-order chi connectivity index (χ1) is 11.4. The molecule has 1 aromatic carbocycles. The second kappa shape index (κ2) is 7.64. The second-order valence-corrected chi connectivity index (χ2v) is 6.05. The summed E-state index contributed by atoms with van der Waals surface area (Å²) in [5, 5.41) is 11.2. The first-order valence-electron chi connectivity index (χ1n) is 6.85. The lowest BCUT2D eigenvalue weighted by Crippen LogP contribution is -2.23. The van der Waals surface area contributed by atoms with E-state index in [1.807, 2.05) is 0 Å². The highest BCUT2D eigenvalue weighted by Gasteiger charge is 2.17. The van der Waals surface area contributed by atoms with Crippen molar-refractivity contribution in [3.8, 4) is 5.88 Å². The monoisotopic (exact) mass is 349 g/mol. The molecule has 1 atom stereocenters. The van der Waals surface area contributed by atoms with Crippen LogP contribution in [0.25, 0.3) is 0 Å². The van der Waals surface area contributed by atoms with Crippen LogP contribution in [0.1, 0.15) is 17.3 Å². The fourth-order valence-corrected chi connectivity index (χ4v) is 2.54. The number of amides is 1. The molecule has 0 unspecified atom stereocenters. The number of hydrogen-bond donors (Lipinski definition) is 3. The first-order valence-corrected chi connectivity index (χ1v) is 7.73. The van der Waals surface area contributed by atoms with Crippen molar-refractivity contribution in [2.24, 2.45) is 0 Å². The van der Waals surface area contributed by atoms with Gasteiger partial charge in [-0.25, -0.2) is 4.79 Å². The molecule has 0 saturated carbocycles. The van der Waals surface area contributed by atoms with Crippen LogP contribution in [0.5, 0.6) is 5.88 Å². The van der Waals surface area contributed by atoms with Crippen LogP contribution < -0.4 is 15.6 Å². The number of rotatable bonds is 6. The lowest BCUT2D eigenvalue weighted by atomic mass is 10.2. The molecule has 9 heteroatoms. The highest BCUT2D eigenvalue weighted by molar-refractivity contribution is 8.00. The van der Waals surface area contributed by atoms with Gasteiger partial charge >= 0.3 is 5.97 Å². The molecule has 1 amide bonds. The number of aromatic nitrogens is 2. The summed E-state index contributed by atoms with van der Waals surface area (Å²) in [7, 11) is 1.40. The van der Waals surface area contributed by atoms with E-state index in [0.29, 0.717) is 5.69 Å². The zero-order valence-electron chi connectivity index (χ0n) is 12.9. The second-order valence-electron chi connectivity index (χ2n) is 4.72. The Kier molecular flexibility index (Phi) is 5.59. The van der Waals surface area contributed by atoms with E-state index in [1.165, 1.54) is 37.4 Å². The van der Waals surface area contributed by atoms with E-state index in [1.54, 1.807) is 6.92 Å². The largest absolute Gasteiger partial charge is 0.481 e. The average Bonchev–Trinajstić information content (AvgIpc) is 2.54. The summed E-state index contributed by atoms with van der Waals surface area (Å²) < 4.78 is 4.91. The van der Waals surface area contributed by atoms with Crippen LogP contribution in [0.15, 0.2) is 40.3 Å². The third-order valence-corrected chi connectivity index (χ3v) is 3.95. The molecule has 0 aliphatic heterocycles. The maximum absolute atomic E-state index is 12.2. The van der Waals surface area contributed by atoms with E-state index in [0.717, 1.165) is 11.8 Å². The van der Waals surface area contributed by atoms with Gasteiger partial charge in [-0.15, -0.1) is 0 Å². The van der Waals surface area contributed by atoms with Gasteiger partial charge in [0.05, 0.1) is 24.0 Å². The van der Waals surface area contributed by atoms with Crippen molar-refractivity contribution < 1.29 is 19.4 Å². The van der Waals surface area contributed by atoms with Gasteiger partial charge in [0.25, 0.3) is 5.56 Å². The zero-order valence-corrected chi connectivity index (χ0v) is 13.7. The number of carbonyl (C=O) groups excluding carboxylic acids is 1. The molecule has 1 aromatic heterocycles. The maximum atomic E-state index is 12.2. The van der Waals surface area contributed by atoms with Crippen LogP contribution in [-0.2, 0) is 4.79 Å². The Hall–Kier alpha value is -2.81. The summed E-state index contributed by atoms with van der Waals surface area (Å²) in [5.41, 5.74) is 0.236.